The van der Waals surface area contributed by atoms with Gasteiger partial charge in [-0.1, -0.05) is 84.9 Å². The van der Waals surface area contributed by atoms with Gasteiger partial charge in [0.15, 0.2) is 22.6 Å². The minimum atomic E-state index is -1.02. The van der Waals surface area contributed by atoms with Crippen molar-refractivity contribution in [1.82, 2.24) is 9.80 Å². The molecular formula is C67H76F4N6O10Si. The fourth-order valence-corrected chi connectivity index (χ4v) is 14.1. The van der Waals surface area contributed by atoms with Crippen molar-refractivity contribution in [1.29, 1.82) is 0 Å². The Balaban J connectivity index is 0.000000183. The van der Waals surface area contributed by atoms with Gasteiger partial charge in [-0.2, -0.15) is 0 Å². The Kier molecular flexibility index (Phi) is 22.4. The van der Waals surface area contributed by atoms with Crippen molar-refractivity contribution >= 4 is 76.1 Å². The van der Waals surface area contributed by atoms with E-state index in [4.69, 9.17) is 18.3 Å². The van der Waals surface area contributed by atoms with E-state index in [1.54, 1.807) is 74.3 Å². The molecule has 2 aliphatic heterocycles. The van der Waals surface area contributed by atoms with Gasteiger partial charge in [0.25, 0.3) is 11.8 Å². The van der Waals surface area contributed by atoms with Crippen LogP contribution in [-0.4, -0.2) is 148 Å². The number of carbonyl (C=O) groups is 2. The minimum absolute atomic E-state index is 0.120. The standard InChI is InChI=1S/2C26H29F2N3O5.C15H18Si/c2*1-16(30(3)20-13-18(27)12-19(28)14-20)21-10-17(26(34)29(2)4-7-32)11-22-23(33)15-24(36-25(21)22)31-5-8-35-9-6-31;1-13(2)16(14-9-5-3-6-10-14)15-11-7-4-8-12-15/h2*10-16,32H,4-9H2,1-3H3;3-13,16H,1-2H3. The van der Waals surface area contributed by atoms with E-state index in [9.17, 15) is 47.0 Å². The number of morpholine rings is 2. The van der Waals surface area contributed by atoms with Gasteiger partial charge < -0.3 is 57.9 Å². The number of amides is 2. The summed E-state index contributed by atoms with van der Waals surface area (Å²) >= 11 is 0. The molecule has 2 saturated heterocycles. The molecule has 2 aromatic heterocycles. The zero-order valence-electron chi connectivity index (χ0n) is 50.9. The van der Waals surface area contributed by atoms with Gasteiger partial charge in [0.1, 0.15) is 43.2 Å². The summed E-state index contributed by atoms with van der Waals surface area (Å²) in [5.74, 6) is -2.85. The molecule has 2 amide bonds. The predicted octanol–water partition coefficient (Wildman–Crippen LogP) is 8.78. The molecule has 0 aliphatic carbocycles. The lowest BCUT2D eigenvalue weighted by atomic mass is 9.99. The maximum Gasteiger partial charge on any atom is 0.253 e. The lowest BCUT2D eigenvalue weighted by Crippen LogP contribution is -2.44. The molecule has 0 radical (unpaired) electrons. The zero-order valence-corrected chi connectivity index (χ0v) is 52.0. The van der Waals surface area contributed by atoms with Crippen LogP contribution in [0.5, 0.6) is 0 Å². The molecule has 2 atom stereocenters. The average molecular weight is 1230 g/mol. The molecule has 16 nitrogen and oxygen atoms in total. The zero-order chi connectivity index (χ0) is 63.3. The fraction of sp³-hybridized carbons (Fsp3) is 0.343. The van der Waals surface area contributed by atoms with Crippen LogP contribution in [-0.2, 0) is 9.47 Å². The number of aliphatic hydroxyl groups is 2. The lowest BCUT2D eigenvalue weighted by Gasteiger charge is -2.30. The summed E-state index contributed by atoms with van der Waals surface area (Å²) < 4.78 is 79.0. The normalized spacial score (nSPS) is 14.0. The van der Waals surface area contributed by atoms with Crippen LogP contribution in [0.3, 0.4) is 0 Å². The van der Waals surface area contributed by atoms with Gasteiger partial charge in [0, 0.05) is 125 Å². The van der Waals surface area contributed by atoms with Crippen molar-refractivity contribution in [2.24, 2.45) is 0 Å². The Hall–Kier alpha value is -8.34. The second-order valence-electron chi connectivity index (χ2n) is 22.3. The van der Waals surface area contributed by atoms with E-state index >= 15 is 0 Å². The summed E-state index contributed by atoms with van der Waals surface area (Å²) in [6.07, 6.45) is 0. The summed E-state index contributed by atoms with van der Waals surface area (Å²) in [6.45, 7) is 12.4. The van der Waals surface area contributed by atoms with Crippen LogP contribution in [0.2, 0.25) is 5.54 Å². The van der Waals surface area contributed by atoms with Crippen LogP contribution in [0.1, 0.15) is 71.6 Å². The summed E-state index contributed by atoms with van der Waals surface area (Å²) in [5, 5.41) is 22.0. The van der Waals surface area contributed by atoms with Crippen LogP contribution >= 0.6 is 0 Å². The van der Waals surface area contributed by atoms with Gasteiger partial charge in [-0.3, -0.25) is 19.2 Å². The van der Waals surface area contributed by atoms with Crippen LogP contribution in [0.25, 0.3) is 21.9 Å². The number of fused-ring (bicyclic) bond motifs is 2. The monoisotopic (exact) mass is 1230 g/mol. The third kappa shape index (κ3) is 15.9. The first-order chi connectivity index (χ1) is 42.2. The molecule has 2 N–H and O–H groups in total. The molecule has 0 spiro atoms. The fourth-order valence-electron chi connectivity index (χ4n) is 10.9. The third-order valence-corrected chi connectivity index (χ3v) is 19.5. The number of anilines is 4. The molecule has 0 saturated carbocycles. The number of halogens is 4. The Bertz CT molecular complexity index is 3530. The van der Waals surface area contributed by atoms with E-state index < -0.39 is 44.1 Å². The molecule has 8 aromatic rings. The van der Waals surface area contributed by atoms with Crippen molar-refractivity contribution in [2.45, 2.75) is 45.3 Å². The average Bonchev–Trinajstić information content (AvgIpc) is 2.11. The van der Waals surface area contributed by atoms with E-state index in [-0.39, 0.29) is 82.2 Å². The first-order valence-electron chi connectivity index (χ1n) is 29.3. The van der Waals surface area contributed by atoms with Crippen molar-refractivity contribution in [2.75, 3.05) is 127 Å². The first-order valence-corrected chi connectivity index (χ1v) is 31.1. The number of ether oxygens (including phenoxy) is 2. The predicted molar refractivity (Wildman–Crippen MR) is 340 cm³/mol. The van der Waals surface area contributed by atoms with Gasteiger partial charge in [-0.05, 0) is 67.9 Å². The highest BCUT2D eigenvalue weighted by Gasteiger charge is 2.28. The molecular weight excluding hydrogens is 1150 g/mol. The summed E-state index contributed by atoms with van der Waals surface area (Å²) in [7, 11) is 5.42. The minimum Gasteiger partial charge on any atom is -0.440 e. The molecule has 2 unspecified atom stereocenters. The van der Waals surface area contributed by atoms with Gasteiger partial charge in [-0.15, -0.1) is 0 Å². The number of aliphatic hydroxyl groups excluding tert-OH is 2. The topological polar surface area (TPSA) is 173 Å². The van der Waals surface area contributed by atoms with E-state index in [0.717, 1.165) is 17.7 Å². The molecule has 2 fully saturated rings. The Morgan fingerprint density at radius 3 is 1.17 bits per heavy atom. The van der Waals surface area contributed by atoms with Crippen LogP contribution in [0.4, 0.5) is 40.7 Å². The number of likely N-dealkylation sites (N-methyl/N-ethyl adjacent to an activating group) is 2. The number of hydrogen-bond acceptors (Lipinski definition) is 14. The summed E-state index contributed by atoms with van der Waals surface area (Å²) in [6, 6.07) is 36.3. The quantitative estimate of drug-likeness (QED) is 0.0655. The number of benzene rings is 6. The molecule has 4 heterocycles. The van der Waals surface area contributed by atoms with E-state index in [2.05, 4.69) is 74.5 Å². The highest BCUT2D eigenvalue weighted by molar-refractivity contribution is 6.86. The highest BCUT2D eigenvalue weighted by Crippen LogP contribution is 2.36. The number of rotatable bonds is 17. The van der Waals surface area contributed by atoms with Gasteiger partial charge in [-0.25, -0.2) is 17.6 Å². The third-order valence-electron chi connectivity index (χ3n) is 15.9. The lowest BCUT2D eigenvalue weighted by molar-refractivity contribution is 0.0761. The van der Waals surface area contributed by atoms with Crippen molar-refractivity contribution in [3.8, 4) is 0 Å². The first kappa shape index (κ1) is 65.6. The van der Waals surface area contributed by atoms with E-state index in [1.807, 2.05) is 9.80 Å². The maximum atomic E-state index is 13.9. The van der Waals surface area contributed by atoms with Crippen LogP contribution < -0.4 is 40.8 Å². The molecule has 6 aromatic carbocycles. The molecule has 88 heavy (non-hydrogen) atoms. The van der Waals surface area contributed by atoms with Crippen molar-refractivity contribution < 1.29 is 55.7 Å². The van der Waals surface area contributed by atoms with Crippen LogP contribution in [0, 0.1) is 23.3 Å². The van der Waals surface area contributed by atoms with Gasteiger partial charge in [0.2, 0.25) is 0 Å². The van der Waals surface area contributed by atoms with Crippen molar-refractivity contribution in [3.63, 3.8) is 0 Å². The van der Waals surface area contributed by atoms with Gasteiger partial charge >= 0.3 is 0 Å². The smallest absolute Gasteiger partial charge is 0.253 e. The second-order valence-corrected chi connectivity index (χ2v) is 25.9. The molecule has 10 rings (SSSR count). The second kappa shape index (κ2) is 30.0. The Labute approximate surface area is 510 Å². The summed E-state index contributed by atoms with van der Waals surface area (Å²) in [5.41, 5.74) is 2.78. The number of nitrogens with zero attached hydrogens (tertiary/aromatic N) is 6. The number of hydrogen-bond donors (Lipinski definition) is 2. The summed E-state index contributed by atoms with van der Waals surface area (Å²) in [4.78, 5) is 62.4. The SMILES string of the molecule is CC(C)[SiH](c1ccccc1)c1ccccc1.CC(c1cc(C(=O)N(C)CCO)cc2c(=O)cc(N3CCOCC3)oc12)N(C)c1cc(F)cc(F)c1.CC(c1cc(C(=O)N(C)CCO)cc2c(=O)cc(N3CCOCC3)oc12)N(C)c1cc(F)cc(F)c1. The van der Waals surface area contributed by atoms with E-state index in [1.165, 1.54) is 58.3 Å². The van der Waals surface area contributed by atoms with Crippen LogP contribution in [0.15, 0.2) is 152 Å². The largest absolute Gasteiger partial charge is 0.440 e. The Morgan fingerprint density at radius 1 is 0.511 bits per heavy atom. The molecule has 466 valence electrons. The van der Waals surface area contributed by atoms with E-state index in [0.29, 0.717) is 86.7 Å². The molecule has 21 heteroatoms. The maximum absolute atomic E-state index is 13.9. The highest BCUT2D eigenvalue weighted by atomic mass is 28.3. The molecule has 2 aliphatic rings. The number of carbonyl (C=O) groups excluding carboxylic acids is 2. The van der Waals surface area contributed by atoms with Gasteiger partial charge in [0.05, 0.1) is 62.5 Å². The Morgan fingerprint density at radius 2 is 0.852 bits per heavy atom. The molecule has 0 bridgehead atoms. The van der Waals surface area contributed by atoms with Crippen molar-refractivity contribution in [3.05, 3.63) is 199 Å².